The molecule has 1 amide bonds. The largest absolute Gasteiger partial charge is 0.394 e. The molecule has 0 saturated carbocycles. The molecule has 0 spiro atoms. The van der Waals surface area contributed by atoms with Crippen LogP contribution < -0.4 is 5.32 Å². The molecule has 0 aromatic rings. The number of rotatable bonds is 65. The topological polar surface area (TPSA) is 149 Å². The monoisotopic (exact) mass is 1220 g/mol. The smallest absolute Gasteiger partial charge is 0.220 e. The van der Waals surface area contributed by atoms with Crippen LogP contribution in [0.3, 0.4) is 0 Å². The van der Waals surface area contributed by atoms with Crippen LogP contribution in [-0.4, -0.2) is 87.5 Å². The van der Waals surface area contributed by atoms with Crippen molar-refractivity contribution in [1.29, 1.82) is 0 Å². The summed E-state index contributed by atoms with van der Waals surface area (Å²) < 4.78 is 11.3. The van der Waals surface area contributed by atoms with E-state index < -0.39 is 49.5 Å². The van der Waals surface area contributed by atoms with E-state index in [1.807, 2.05) is 6.08 Å². The van der Waals surface area contributed by atoms with Crippen molar-refractivity contribution in [2.24, 2.45) is 0 Å². The summed E-state index contributed by atoms with van der Waals surface area (Å²) in [6, 6.07) is -0.833. The maximum absolute atomic E-state index is 13.1. The van der Waals surface area contributed by atoms with Gasteiger partial charge in [0.15, 0.2) is 6.29 Å². The Morgan fingerprint density at radius 1 is 0.402 bits per heavy atom. The molecule has 0 radical (unpaired) electrons. The highest BCUT2D eigenvalue weighted by Crippen LogP contribution is 2.23. The second-order valence-electron chi connectivity index (χ2n) is 25.7. The Balaban J connectivity index is 2.13. The predicted molar refractivity (Wildman–Crippen MR) is 373 cm³/mol. The lowest BCUT2D eigenvalue weighted by molar-refractivity contribution is -0.302. The van der Waals surface area contributed by atoms with E-state index in [1.54, 1.807) is 6.08 Å². The van der Waals surface area contributed by atoms with Crippen LogP contribution in [-0.2, 0) is 14.3 Å². The molecule has 6 N–H and O–H groups in total. The first kappa shape index (κ1) is 82.4. The molecule has 9 heteroatoms. The fraction of sp³-hybridized carbons (Fsp3) is 0.808. The highest BCUT2D eigenvalue weighted by atomic mass is 16.7. The van der Waals surface area contributed by atoms with Gasteiger partial charge in [-0.1, -0.05) is 343 Å². The third-order valence-electron chi connectivity index (χ3n) is 17.4. The summed E-state index contributed by atoms with van der Waals surface area (Å²) in [6.45, 7) is 3.69. The lowest BCUT2D eigenvalue weighted by Crippen LogP contribution is -2.60. The summed E-state index contributed by atoms with van der Waals surface area (Å²) >= 11 is 0. The summed E-state index contributed by atoms with van der Waals surface area (Å²) in [6.07, 6.45) is 88.6. The highest BCUT2D eigenvalue weighted by molar-refractivity contribution is 5.76. The van der Waals surface area contributed by atoms with Gasteiger partial charge in [0.25, 0.3) is 0 Å². The van der Waals surface area contributed by atoms with Gasteiger partial charge < -0.3 is 40.3 Å². The summed E-state index contributed by atoms with van der Waals surface area (Å²) in [7, 11) is 0. The van der Waals surface area contributed by atoms with Crippen molar-refractivity contribution in [3.63, 3.8) is 0 Å². The van der Waals surface area contributed by atoms with Crippen LogP contribution in [0.2, 0.25) is 0 Å². The van der Waals surface area contributed by atoms with Crippen molar-refractivity contribution in [3.05, 3.63) is 85.1 Å². The van der Waals surface area contributed by atoms with Gasteiger partial charge in [-0.2, -0.15) is 0 Å². The highest BCUT2D eigenvalue weighted by Gasteiger charge is 2.44. The average Bonchev–Trinajstić information content (AvgIpc) is 3.47. The predicted octanol–water partition coefficient (Wildman–Crippen LogP) is 20.9. The van der Waals surface area contributed by atoms with Gasteiger partial charge >= 0.3 is 0 Å². The minimum Gasteiger partial charge on any atom is -0.394 e. The molecule has 0 aromatic heterocycles. The number of ether oxygens (including phenoxy) is 2. The number of aliphatic hydroxyl groups is 5. The van der Waals surface area contributed by atoms with Gasteiger partial charge in [-0.25, -0.2) is 0 Å². The second kappa shape index (κ2) is 66.3. The number of carbonyl (C=O) groups excluding carboxylic acids is 1. The minimum absolute atomic E-state index is 0.188. The van der Waals surface area contributed by atoms with Crippen molar-refractivity contribution in [3.8, 4) is 0 Å². The van der Waals surface area contributed by atoms with E-state index in [1.165, 1.54) is 257 Å². The van der Waals surface area contributed by atoms with Crippen molar-refractivity contribution >= 4 is 5.91 Å². The summed E-state index contributed by atoms with van der Waals surface area (Å²) in [5, 5.41) is 54.8. The molecule has 7 unspecified atom stereocenters. The van der Waals surface area contributed by atoms with Crippen LogP contribution in [0.25, 0.3) is 0 Å². The molecule has 87 heavy (non-hydrogen) atoms. The molecule has 1 heterocycles. The Hall–Kier alpha value is -2.63. The van der Waals surface area contributed by atoms with Crippen LogP contribution in [0.5, 0.6) is 0 Å². The summed E-state index contributed by atoms with van der Waals surface area (Å²) in [5.74, 6) is -0.188. The first-order chi connectivity index (χ1) is 42.8. The molecule has 0 bridgehead atoms. The summed E-state index contributed by atoms with van der Waals surface area (Å²) in [5.41, 5.74) is 0. The third kappa shape index (κ3) is 54.8. The van der Waals surface area contributed by atoms with Crippen molar-refractivity contribution in [2.45, 2.75) is 391 Å². The quantitative estimate of drug-likeness (QED) is 0.0261. The van der Waals surface area contributed by atoms with Crippen LogP contribution in [0.4, 0.5) is 0 Å². The van der Waals surface area contributed by atoms with Gasteiger partial charge in [0.2, 0.25) is 5.91 Å². The average molecular weight is 1220 g/mol. The molecular formula is C78H141NO8. The van der Waals surface area contributed by atoms with Gasteiger partial charge in [0, 0.05) is 6.42 Å². The standard InChI is InChI=1S/C78H141NO8/c1-3-5-7-9-11-13-15-17-19-21-23-25-27-29-31-33-35-36-38-39-41-43-45-47-49-51-53-55-57-59-61-63-65-67-72(81)71(70-86-78-77(85)76(84)75(83)73(69-80)87-78)79-74(82)68-66-64-62-60-58-56-54-52-50-48-46-44-42-40-37-34-32-30-28-26-24-22-20-18-16-14-12-10-8-6-4-2/h6,8,12,14,18,20,24,26,49,51,57,59,65,67,71-73,75-78,80-81,83-85H,3-5,7,9-11,13,15-17,19,21-23,25,27-48,50,52-56,58,60-64,66,68-70H2,1-2H3,(H,79,82)/b8-6-,14-12-,20-18-,26-24-,51-49+,59-57+,67-65+. The number of allylic oxidation sites excluding steroid dienone is 13. The molecule has 1 rings (SSSR count). The fourth-order valence-corrected chi connectivity index (χ4v) is 11.7. The molecule has 7 atom stereocenters. The third-order valence-corrected chi connectivity index (χ3v) is 17.4. The normalized spacial score (nSPS) is 18.4. The van der Waals surface area contributed by atoms with E-state index in [9.17, 15) is 30.3 Å². The number of hydrogen-bond donors (Lipinski definition) is 6. The fourth-order valence-electron chi connectivity index (χ4n) is 11.7. The van der Waals surface area contributed by atoms with E-state index in [4.69, 9.17) is 9.47 Å². The van der Waals surface area contributed by atoms with Crippen molar-refractivity contribution in [1.82, 2.24) is 5.32 Å². The number of carbonyl (C=O) groups is 1. The molecular weight excluding hydrogens is 1080 g/mol. The van der Waals surface area contributed by atoms with Crippen LogP contribution in [0, 0.1) is 0 Å². The van der Waals surface area contributed by atoms with Gasteiger partial charge in [-0.3, -0.25) is 4.79 Å². The van der Waals surface area contributed by atoms with Gasteiger partial charge in [-0.05, 0) is 83.5 Å². The van der Waals surface area contributed by atoms with Crippen LogP contribution >= 0.6 is 0 Å². The van der Waals surface area contributed by atoms with Crippen molar-refractivity contribution in [2.75, 3.05) is 13.2 Å². The zero-order valence-electron chi connectivity index (χ0n) is 56.8. The zero-order chi connectivity index (χ0) is 62.8. The molecule has 9 nitrogen and oxygen atoms in total. The van der Waals surface area contributed by atoms with E-state index in [-0.39, 0.29) is 12.5 Å². The maximum Gasteiger partial charge on any atom is 0.220 e. The lowest BCUT2D eigenvalue weighted by Gasteiger charge is -2.40. The Labute approximate surface area is 537 Å². The number of unbranched alkanes of at least 4 members (excludes halogenated alkanes) is 43. The number of hydrogen-bond acceptors (Lipinski definition) is 8. The first-order valence-electron chi connectivity index (χ1n) is 37.3. The van der Waals surface area contributed by atoms with Gasteiger partial charge in [0.05, 0.1) is 25.4 Å². The number of nitrogens with one attached hydrogen (secondary N) is 1. The Kier molecular flexibility index (Phi) is 62.8. The van der Waals surface area contributed by atoms with E-state index in [2.05, 4.69) is 92.1 Å². The molecule has 0 aliphatic carbocycles. The number of amides is 1. The molecule has 0 aromatic carbocycles. The minimum atomic E-state index is -1.58. The summed E-state index contributed by atoms with van der Waals surface area (Å²) in [4.78, 5) is 13.1. The SMILES string of the molecule is CC/C=C\C/C=C\C/C=C\C/C=C\CCCCCCCCCCCCCCCCCCCCC(=O)NC(COC1OC(CO)C(O)C(O)C1O)C(O)/C=C/CC/C=C/CC/C=C/CCCCCCCCCCCCCCCCCCCCCCCCC. The van der Waals surface area contributed by atoms with Crippen LogP contribution in [0.1, 0.15) is 348 Å². The molecule has 1 saturated heterocycles. The van der Waals surface area contributed by atoms with Gasteiger partial charge in [-0.15, -0.1) is 0 Å². The molecule has 1 aliphatic rings. The van der Waals surface area contributed by atoms with E-state index in [0.717, 1.165) is 70.6 Å². The van der Waals surface area contributed by atoms with E-state index in [0.29, 0.717) is 6.42 Å². The number of aliphatic hydroxyl groups excluding tert-OH is 5. The maximum atomic E-state index is 13.1. The van der Waals surface area contributed by atoms with Crippen molar-refractivity contribution < 1.29 is 39.8 Å². The second-order valence-corrected chi connectivity index (χ2v) is 25.7. The van der Waals surface area contributed by atoms with E-state index >= 15 is 0 Å². The molecule has 1 fully saturated rings. The van der Waals surface area contributed by atoms with Gasteiger partial charge in [0.1, 0.15) is 24.4 Å². The first-order valence-corrected chi connectivity index (χ1v) is 37.3. The Morgan fingerprint density at radius 2 is 0.724 bits per heavy atom. The zero-order valence-corrected chi connectivity index (χ0v) is 56.8. The van der Waals surface area contributed by atoms with Crippen LogP contribution in [0.15, 0.2) is 85.1 Å². The Bertz CT molecular complexity index is 1650. The Morgan fingerprint density at radius 3 is 1.10 bits per heavy atom. The molecule has 506 valence electrons. The molecule has 1 aliphatic heterocycles. The lowest BCUT2D eigenvalue weighted by atomic mass is 9.99.